The lowest BCUT2D eigenvalue weighted by Crippen LogP contribution is -2.56. The van der Waals surface area contributed by atoms with Gasteiger partial charge in [-0.15, -0.1) is 0 Å². The van der Waals surface area contributed by atoms with Crippen molar-refractivity contribution in [2.75, 3.05) is 19.7 Å². The SMILES string of the molecule is O=C(CCc1cccnc1)N1CC[C@H](O)[C@@](CO)(Cc2ccc(F)cc2)C1. The van der Waals surface area contributed by atoms with Crippen LogP contribution < -0.4 is 0 Å². The van der Waals surface area contributed by atoms with Crippen molar-refractivity contribution in [2.24, 2.45) is 5.41 Å². The highest BCUT2D eigenvalue weighted by Gasteiger charge is 2.43. The van der Waals surface area contributed by atoms with E-state index >= 15 is 0 Å². The number of piperidine rings is 1. The number of carbonyl (C=O) groups excluding carboxylic acids is 1. The second kappa shape index (κ2) is 8.59. The highest BCUT2D eigenvalue weighted by molar-refractivity contribution is 5.76. The second-order valence-electron chi connectivity index (χ2n) is 7.30. The summed E-state index contributed by atoms with van der Waals surface area (Å²) >= 11 is 0. The van der Waals surface area contributed by atoms with E-state index in [1.165, 1.54) is 12.1 Å². The monoisotopic (exact) mass is 372 g/mol. The Kier molecular flexibility index (Phi) is 6.19. The van der Waals surface area contributed by atoms with Crippen LogP contribution in [-0.2, 0) is 17.6 Å². The predicted octanol–water partition coefficient (Wildman–Crippen LogP) is 1.97. The zero-order valence-electron chi connectivity index (χ0n) is 15.2. The maximum Gasteiger partial charge on any atom is 0.222 e. The maximum atomic E-state index is 13.2. The van der Waals surface area contributed by atoms with Crippen LogP contribution in [0.4, 0.5) is 4.39 Å². The van der Waals surface area contributed by atoms with E-state index in [4.69, 9.17) is 0 Å². The first kappa shape index (κ1) is 19.5. The van der Waals surface area contributed by atoms with Crippen molar-refractivity contribution in [3.05, 3.63) is 65.7 Å². The molecule has 1 saturated heterocycles. The number of rotatable bonds is 6. The molecule has 27 heavy (non-hydrogen) atoms. The minimum absolute atomic E-state index is 0.00249. The van der Waals surface area contributed by atoms with E-state index in [1.54, 1.807) is 29.4 Å². The van der Waals surface area contributed by atoms with Crippen LogP contribution in [-0.4, -0.2) is 51.8 Å². The number of carbonyl (C=O) groups is 1. The quantitative estimate of drug-likeness (QED) is 0.813. The number of aromatic nitrogens is 1. The molecule has 1 aliphatic heterocycles. The van der Waals surface area contributed by atoms with Gasteiger partial charge in [-0.1, -0.05) is 18.2 Å². The van der Waals surface area contributed by atoms with Gasteiger partial charge in [0.15, 0.2) is 0 Å². The van der Waals surface area contributed by atoms with Crippen molar-refractivity contribution in [1.29, 1.82) is 0 Å². The summed E-state index contributed by atoms with van der Waals surface area (Å²) in [5.41, 5.74) is 0.997. The summed E-state index contributed by atoms with van der Waals surface area (Å²) in [6, 6.07) is 9.83. The average molecular weight is 372 g/mol. The van der Waals surface area contributed by atoms with E-state index in [0.29, 0.717) is 32.2 Å². The highest BCUT2D eigenvalue weighted by Crippen LogP contribution is 2.34. The minimum atomic E-state index is -0.833. The van der Waals surface area contributed by atoms with Crippen LogP contribution in [0.1, 0.15) is 24.0 Å². The molecule has 1 aliphatic rings. The molecule has 2 aromatic rings. The van der Waals surface area contributed by atoms with E-state index in [9.17, 15) is 19.4 Å². The third-order valence-corrected chi connectivity index (χ3v) is 5.37. The first-order valence-electron chi connectivity index (χ1n) is 9.22. The Balaban J connectivity index is 1.67. The standard InChI is InChI=1S/C21H25FN2O3/c22-18-6-3-16(4-7-18)12-21(15-25)14-24(11-9-19(21)26)20(27)8-5-17-2-1-10-23-13-17/h1-4,6-7,10,13,19,25-26H,5,8-9,11-12,14-15H2/t19-,21-/m0/s1. The van der Waals surface area contributed by atoms with Gasteiger partial charge in [0.25, 0.3) is 0 Å². The van der Waals surface area contributed by atoms with E-state index in [1.807, 2.05) is 12.1 Å². The van der Waals surface area contributed by atoms with E-state index in [-0.39, 0.29) is 24.9 Å². The van der Waals surface area contributed by atoms with Gasteiger partial charge in [0.1, 0.15) is 5.82 Å². The van der Waals surface area contributed by atoms with Gasteiger partial charge in [-0.2, -0.15) is 0 Å². The molecule has 1 aromatic carbocycles. The van der Waals surface area contributed by atoms with Crippen molar-refractivity contribution >= 4 is 5.91 Å². The molecule has 0 radical (unpaired) electrons. The van der Waals surface area contributed by atoms with Crippen molar-refractivity contribution in [3.8, 4) is 0 Å². The summed E-state index contributed by atoms with van der Waals surface area (Å²) in [7, 11) is 0. The van der Waals surface area contributed by atoms with E-state index in [2.05, 4.69) is 4.98 Å². The topological polar surface area (TPSA) is 73.7 Å². The van der Waals surface area contributed by atoms with Gasteiger partial charge in [-0.3, -0.25) is 9.78 Å². The number of pyridine rings is 1. The number of halogens is 1. The largest absolute Gasteiger partial charge is 0.396 e. The average Bonchev–Trinajstić information content (AvgIpc) is 2.70. The molecule has 2 N–H and O–H groups in total. The number of amides is 1. The number of nitrogens with zero attached hydrogens (tertiary/aromatic N) is 2. The smallest absolute Gasteiger partial charge is 0.222 e. The molecule has 1 amide bonds. The number of benzene rings is 1. The number of aliphatic hydroxyl groups is 2. The molecule has 0 bridgehead atoms. The van der Waals surface area contributed by atoms with Crippen LogP contribution in [0.25, 0.3) is 0 Å². The Hall–Kier alpha value is -2.31. The van der Waals surface area contributed by atoms with Crippen molar-refractivity contribution < 1.29 is 19.4 Å². The number of aryl methyl sites for hydroxylation is 1. The van der Waals surface area contributed by atoms with Gasteiger partial charge in [0, 0.05) is 37.3 Å². The molecule has 0 saturated carbocycles. The summed E-state index contributed by atoms with van der Waals surface area (Å²) in [6.45, 7) is 0.518. The van der Waals surface area contributed by atoms with Crippen molar-refractivity contribution in [3.63, 3.8) is 0 Å². The molecule has 2 atom stereocenters. The van der Waals surface area contributed by atoms with Gasteiger partial charge < -0.3 is 15.1 Å². The number of hydrogen-bond acceptors (Lipinski definition) is 4. The lowest BCUT2D eigenvalue weighted by molar-refractivity contribution is -0.141. The lowest BCUT2D eigenvalue weighted by atomic mass is 9.73. The van der Waals surface area contributed by atoms with Crippen LogP contribution in [0.3, 0.4) is 0 Å². The van der Waals surface area contributed by atoms with Gasteiger partial charge in [0.05, 0.1) is 12.7 Å². The van der Waals surface area contributed by atoms with Crippen LogP contribution in [0.15, 0.2) is 48.8 Å². The van der Waals surface area contributed by atoms with Gasteiger partial charge in [-0.25, -0.2) is 4.39 Å². The molecule has 0 unspecified atom stereocenters. The minimum Gasteiger partial charge on any atom is -0.396 e. The maximum absolute atomic E-state index is 13.2. The molecule has 144 valence electrons. The van der Waals surface area contributed by atoms with Crippen LogP contribution >= 0.6 is 0 Å². The predicted molar refractivity (Wildman–Crippen MR) is 99.4 cm³/mol. The molecular weight excluding hydrogens is 347 g/mol. The summed E-state index contributed by atoms with van der Waals surface area (Å²) in [5, 5.41) is 20.6. The number of likely N-dealkylation sites (tertiary alicyclic amines) is 1. The fraction of sp³-hybridized carbons (Fsp3) is 0.429. The first-order valence-corrected chi connectivity index (χ1v) is 9.22. The summed E-state index contributed by atoms with van der Waals surface area (Å²) in [6.07, 6.45) is 4.50. The molecule has 5 nitrogen and oxygen atoms in total. The fourth-order valence-electron chi connectivity index (χ4n) is 3.71. The zero-order valence-corrected chi connectivity index (χ0v) is 15.2. The molecule has 2 heterocycles. The summed E-state index contributed by atoms with van der Waals surface area (Å²) in [5.74, 6) is -0.323. The summed E-state index contributed by atoms with van der Waals surface area (Å²) < 4.78 is 13.2. The Morgan fingerprint density at radius 3 is 2.70 bits per heavy atom. The Bertz CT molecular complexity index is 754. The molecule has 0 spiro atoms. The normalized spacial score (nSPS) is 22.6. The second-order valence-corrected chi connectivity index (χ2v) is 7.30. The Morgan fingerprint density at radius 1 is 1.26 bits per heavy atom. The number of hydrogen-bond donors (Lipinski definition) is 2. The van der Waals surface area contributed by atoms with Crippen LogP contribution in [0, 0.1) is 11.2 Å². The van der Waals surface area contributed by atoms with E-state index in [0.717, 1.165) is 11.1 Å². The molecule has 3 rings (SSSR count). The van der Waals surface area contributed by atoms with Crippen molar-refractivity contribution in [1.82, 2.24) is 9.88 Å². The van der Waals surface area contributed by atoms with Gasteiger partial charge >= 0.3 is 0 Å². The lowest BCUT2D eigenvalue weighted by Gasteiger charge is -2.45. The van der Waals surface area contributed by atoms with Gasteiger partial charge in [-0.05, 0) is 48.6 Å². The molecule has 6 heteroatoms. The third kappa shape index (κ3) is 4.70. The zero-order chi connectivity index (χ0) is 19.3. The Morgan fingerprint density at radius 2 is 2.04 bits per heavy atom. The van der Waals surface area contributed by atoms with E-state index < -0.39 is 11.5 Å². The fourth-order valence-corrected chi connectivity index (χ4v) is 3.71. The molecular formula is C21H25FN2O3. The molecule has 1 fully saturated rings. The molecule has 0 aliphatic carbocycles. The molecule has 1 aromatic heterocycles. The Labute approximate surface area is 158 Å². The van der Waals surface area contributed by atoms with Crippen LogP contribution in [0.2, 0.25) is 0 Å². The first-order chi connectivity index (χ1) is 13.0. The van der Waals surface area contributed by atoms with Crippen molar-refractivity contribution in [2.45, 2.75) is 31.8 Å². The number of aliphatic hydroxyl groups excluding tert-OH is 2. The van der Waals surface area contributed by atoms with Crippen LogP contribution in [0.5, 0.6) is 0 Å². The van der Waals surface area contributed by atoms with Gasteiger partial charge in [0.2, 0.25) is 5.91 Å². The summed E-state index contributed by atoms with van der Waals surface area (Å²) in [4.78, 5) is 18.5. The third-order valence-electron chi connectivity index (χ3n) is 5.37. The highest BCUT2D eigenvalue weighted by atomic mass is 19.1.